The van der Waals surface area contributed by atoms with Crippen molar-refractivity contribution < 1.29 is 9.90 Å². The van der Waals surface area contributed by atoms with Gasteiger partial charge in [-0.3, -0.25) is 9.69 Å². The summed E-state index contributed by atoms with van der Waals surface area (Å²) in [6, 6.07) is 4.04. The summed E-state index contributed by atoms with van der Waals surface area (Å²) in [6.45, 7) is 10.2. The Hall–Kier alpha value is -1.92. The number of piperidine rings is 1. The van der Waals surface area contributed by atoms with Crippen molar-refractivity contribution in [1.82, 2.24) is 19.7 Å². The zero-order valence-electron chi connectivity index (χ0n) is 16.3. The van der Waals surface area contributed by atoms with Crippen molar-refractivity contribution in [3.8, 4) is 5.82 Å². The number of halogens is 1. The molecule has 0 radical (unpaired) electrons. The van der Waals surface area contributed by atoms with E-state index in [1.54, 1.807) is 17.1 Å². The average Bonchev–Trinajstić information content (AvgIpc) is 3.06. The number of carbonyl (C=O) groups is 1. The van der Waals surface area contributed by atoms with Crippen molar-refractivity contribution >= 4 is 17.6 Å². The molecule has 3 heterocycles. The van der Waals surface area contributed by atoms with E-state index in [1.165, 1.54) is 0 Å². The molecule has 2 aromatic rings. The topological polar surface area (TPSA) is 71.2 Å². The van der Waals surface area contributed by atoms with Crippen LogP contribution in [-0.4, -0.2) is 43.8 Å². The predicted octanol–water partition coefficient (Wildman–Crippen LogP) is 4.05. The van der Waals surface area contributed by atoms with Crippen molar-refractivity contribution in [2.45, 2.75) is 40.2 Å². The number of pyridine rings is 1. The molecule has 0 bridgehead atoms. The maximum absolute atomic E-state index is 11.7. The maximum Gasteiger partial charge on any atom is 0.307 e. The first-order chi connectivity index (χ1) is 12.6. The van der Waals surface area contributed by atoms with Crippen molar-refractivity contribution in [2.75, 3.05) is 13.1 Å². The number of hydrogen-bond acceptors (Lipinski definition) is 4. The Morgan fingerprint density at radius 2 is 2.04 bits per heavy atom. The molecule has 3 rings (SSSR count). The Morgan fingerprint density at radius 3 is 2.56 bits per heavy atom. The van der Waals surface area contributed by atoms with Gasteiger partial charge in [0.2, 0.25) is 0 Å². The van der Waals surface area contributed by atoms with Crippen molar-refractivity contribution in [3.63, 3.8) is 0 Å². The van der Waals surface area contributed by atoms with E-state index in [2.05, 4.69) is 42.7 Å². The van der Waals surface area contributed by atoms with E-state index in [0.29, 0.717) is 23.3 Å². The normalized spacial score (nSPS) is 22.6. The summed E-state index contributed by atoms with van der Waals surface area (Å²) < 4.78 is 1.63. The van der Waals surface area contributed by atoms with Crippen LogP contribution in [0.3, 0.4) is 0 Å². The van der Waals surface area contributed by atoms with Crippen molar-refractivity contribution in [1.29, 1.82) is 0 Å². The van der Waals surface area contributed by atoms with E-state index in [0.717, 1.165) is 18.5 Å². The van der Waals surface area contributed by atoms with Crippen LogP contribution in [0.1, 0.15) is 45.7 Å². The quantitative estimate of drug-likeness (QED) is 0.852. The molecule has 0 spiro atoms. The number of aromatic nitrogens is 3. The molecule has 1 saturated heterocycles. The summed E-state index contributed by atoms with van der Waals surface area (Å²) in [7, 11) is 0. The lowest BCUT2D eigenvalue weighted by atomic mass is 9.73. The van der Waals surface area contributed by atoms with Crippen LogP contribution in [-0.2, 0) is 4.79 Å². The summed E-state index contributed by atoms with van der Waals surface area (Å²) in [5.74, 6) is 0.00906. The number of carboxylic acids is 1. The SMILES string of the molecule is C[C@@H](c1ccc(-n2cc(Cl)cn2)nc1)N1C[C@H](C(=O)O)C[C@@H](C(C)(C)C)C1. The van der Waals surface area contributed by atoms with Crippen LogP contribution in [0.25, 0.3) is 5.82 Å². The van der Waals surface area contributed by atoms with Gasteiger partial charge in [-0.25, -0.2) is 9.67 Å². The van der Waals surface area contributed by atoms with Gasteiger partial charge in [0.25, 0.3) is 0 Å². The molecule has 6 nitrogen and oxygen atoms in total. The van der Waals surface area contributed by atoms with Gasteiger partial charge in [0.15, 0.2) is 5.82 Å². The van der Waals surface area contributed by atoms with E-state index in [4.69, 9.17) is 11.6 Å². The highest BCUT2D eigenvalue weighted by Gasteiger charge is 2.38. The molecule has 3 atom stereocenters. The molecule has 0 saturated carbocycles. The van der Waals surface area contributed by atoms with E-state index in [-0.39, 0.29) is 17.4 Å². The van der Waals surface area contributed by atoms with Gasteiger partial charge in [-0.1, -0.05) is 38.4 Å². The van der Waals surface area contributed by atoms with E-state index < -0.39 is 5.97 Å². The first-order valence-electron chi connectivity index (χ1n) is 9.28. The Bertz CT molecular complexity index is 797. The third-order valence-corrected chi connectivity index (χ3v) is 5.83. The molecule has 1 N–H and O–H groups in total. The van der Waals surface area contributed by atoms with E-state index >= 15 is 0 Å². The molecule has 1 aliphatic rings. The Balaban J connectivity index is 1.78. The predicted molar refractivity (Wildman–Crippen MR) is 105 cm³/mol. The van der Waals surface area contributed by atoms with Crippen LogP contribution >= 0.6 is 11.6 Å². The van der Waals surface area contributed by atoms with Gasteiger partial charge < -0.3 is 5.11 Å². The second-order valence-electron chi connectivity index (χ2n) is 8.52. The second-order valence-corrected chi connectivity index (χ2v) is 8.95. The lowest BCUT2D eigenvalue weighted by Gasteiger charge is -2.44. The molecule has 0 aliphatic carbocycles. The van der Waals surface area contributed by atoms with Gasteiger partial charge >= 0.3 is 5.97 Å². The minimum Gasteiger partial charge on any atom is -0.481 e. The first-order valence-corrected chi connectivity index (χ1v) is 9.66. The molecular formula is C20H27ClN4O2. The minimum atomic E-state index is -0.704. The van der Waals surface area contributed by atoms with Crippen LogP contribution in [0.2, 0.25) is 5.02 Å². The molecule has 146 valence electrons. The highest BCUT2D eigenvalue weighted by atomic mass is 35.5. The number of aliphatic carboxylic acids is 1. The molecule has 0 amide bonds. The summed E-state index contributed by atoms with van der Waals surface area (Å²) in [4.78, 5) is 18.5. The fourth-order valence-corrected chi connectivity index (χ4v) is 3.81. The van der Waals surface area contributed by atoms with Crippen LogP contribution in [0.5, 0.6) is 0 Å². The minimum absolute atomic E-state index is 0.0769. The van der Waals surface area contributed by atoms with Crippen LogP contribution < -0.4 is 0 Å². The molecule has 0 aromatic carbocycles. The number of carboxylic acid groups (broad SMARTS) is 1. The third kappa shape index (κ3) is 4.50. The molecule has 1 aliphatic heterocycles. The van der Waals surface area contributed by atoms with Gasteiger partial charge in [-0.05, 0) is 36.3 Å². The lowest BCUT2D eigenvalue weighted by molar-refractivity contribution is -0.145. The van der Waals surface area contributed by atoms with Crippen LogP contribution in [0, 0.1) is 17.3 Å². The number of rotatable bonds is 4. The first kappa shape index (κ1) is 19.8. The molecule has 2 aromatic heterocycles. The average molecular weight is 391 g/mol. The van der Waals surface area contributed by atoms with Gasteiger partial charge in [0.1, 0.15) is 0 Å². The molecule has 1 fully saturated rings. The van der Waals surface area contributed by atoms with Gasteiger partial charge in [0, 0.05) is 25.3 Å². The lowest BCUT2D eigenvalue weighted by Crippen LogP contribution is -2.47. The molecule has 27 heavy (non-hydrogen) atoms. The van der Waals surface area contributed by atoms with Gasteiger partial charge in [-0.2, -0.15) is 5.10 Å². The fraction of sp³-hybridized carbons (Fsp3) is 0.550. The van der Waals surface area contributed by atoms with Crippen LogP contribution in [0.4, 0.5) is 0 Å². The van der Waals surface area contributed by atoms with Crippen LogP contribution in [0.15, 0.2) is 30.7 Å². The maximum atomic E-state index is 11.7. The van der Waals surface area contributed by atoms with Gasteiger partial charge in [-0.15, -0.1) is 0 Å². The highest BCUT2D eigenvalue weighted by Crippen LogP contribution is 2.38. The molecular weight excluding hydrogens is 364 g/mol. The summed E-state index contributed by atoms with van der Waals surface area (Å²) >= 11 is 5.92. The van der Waals surface area contributed by atoms with Crippen molar-refractivity contribution in [3.05, 3.63) is 41.3 Å². The zero-order valence-corrected chi connectivity index (χ0v) is 17.0. The Morgan fingerprint density at radius 1 is 1.30 bits per heavy atom. The monoisotopic (exact) mass is 390 g/mol. The number of nitrogens with zero attached hydrogens (tertiary/aromatic N) is 4. The number of likely N-dealkylation sites (tertiary alicyclic amines) is 1. The summed E-state index contributed by atoms with van der Waals surface area (Å²) in [5, 5.41) is 14.3. The summed E-state index contributed by atoms with van der Waals surface area (Å²) in [6.07, 6.45) is 5.86. The Labute approximate surface area is 165 Å². The number of hydrogen-bond donors (Lipinski definition) is 1. The molecule has 7 heteroatoms. The summed E-state index contributed by atoms with van der Waals surface area (Å²) in [5.41, 5.74) is 1.14. The Kier molecular flexibility index (Phi) is 5.58. The zero-order chi connectivity index (χ0) is 19.8. The van der Waals surface area contributed by atoms with E-state index in [1.807, 2.05) is 18.3 Å². The van der Waals surface area contributed by atoms with Gasteiger partial charge in [0.05, 0.1) is 23.3 Å². The largest absolute Gasteiger partial charge is 0.481 e. The smallest absolute Gasteiger partial charge is 0.307 e. The standard InChI is InChI=1S/C20H27ClN4O2/c1-13(14-5-6-18(22-8-14)25-12-17(21)9-23-25)24-10-15(19(26)27)7-16(11-24)20(2,3)4/h5-6,8-9,12-13,15-16H,7,10-11H2,1-4H3,(H,26,27)/t13-,15+,16+/m0/s1. The van der Waals surface area contributed by atoms with Crippen molar-refractivity contribution in [2.24, 2.45) is 17.3 Å². The third-order valence-electron chi connectivity index (χ3n) is 5.64. The second kappa shape index (κ2) is 7.60. The highest BCUT2D eigenvalue weighted by molar-refractivity contribution is 6.30. The van der Waals surface area contributed by atoms with E-state index in [9.17, 15) is 9.90 Å². The molecule has 0 unspecified atom stereocenters. The fourth-order valence-electron chi connectivity index (χ4n) is 3.67.